The molecule has 1 aliphatic rings. The molecule has 2 aromatic carbocycles. The zero-order valence-corrected chi connectivity index (χ0v) is 24.5. The molecule has 1 aliphatic heterocycles. The molecule has 1 fully saturated rings. The van der Waals surface area contributed by atoms with Crippen LogP contribution in [0, 0.1) is 5.92 Å². The number of para-hydroxylation sites is 2. The van der Waals surface area contributed by atoms with Crippen molar-refractivity contribution < 1.29 is 19.1 Å². The Labute approximate surface area is 245 Å². The first-order valence-corrected chi connectivity index (χ1v) is 15.1. The van der Waals surface area contributed by atoms with E-state index in [-0.39, 0.29) is 17.8 Å². The Balaban J connectivity index is 1.32. The van der Waals surface area contributed by atoms with Gasteiger partial charge in [-0.05, 0) is 44.0 Å². The van der Waals surface area contributed by atoms with Crippen LogP contribution in [0.1, 0.15) is 35.3 Å². The molecular weight excluding hydrogens is 570 g/mol. The largest absolute Gasteiger partial charge is 0.495 e. The lowest BCUT2D eigenvalue weighted by Crippen LogP contribution is -2.40. The van der Waals surface area contributed by atoms with E-state index in [4.69, 9.17) is 21.1 Å². The van der Waals surface area contributed by atoms with E-state index >= 15 is 0 Å². The summed E-state index contributed by atoms with van der Waals surface area (Å²) in [5.74, 6) is 1.32. The van der Waals surface area contributed by atoms with E-state index in [2.05, 4.69) is 15.2 Å². The summed E-state index contributed by atoms with van der Waals surface area (Å²) in [6.07, 6.45) is 1.20. The highest BCUT2D eigenvalue weighted by atomic mass is 35.5. The summed E-state index contributed by atoms with van der Waals surface area (Å²) in [5.41, 5.74) is 1.95. The van der Waals surface area contributed by atoms with E-state index in [1.54, 1.807) is 24.3 Å². The Hall–Kier alpha value is -3.41. The van der Waals surface area contributed by atoms with E-state index in [1.165, 1.54) is 23.1 Å². The molecule has 0 aliphatic carbocycles. The molecular formula is C28H28ClN5O4S2. The number of hydrogen-bond acceptors (Lipinski definition) is 9. The number of amides is 1. The molecule has 1 saturated heterocycles. The van der Waals surface area contributed by atoms with E-state index in [0.29, 0.717) is 65.7 Å². The number of ether oxygens (including phenoxy) is 2. The van der Waals surface area contributed by atoms with Crippen LogP contribution in [0.5, 0.6) is 5.75 Å². The number of piperidine rings is 1. The number of nitrogens with zero attached hydrogens (tertiary/aromatic N) is 5. The molecule has 5 rings (SSSR count). The van der Waals surface area contributed by atoms with Gasteiger partial charge in [-0.15, -0.1) is 21.5 Å². The molecule has 2 aromatic heterocycles. The van der Waals surface area contributed by atoms with Crippen molar-refractivity contribution >= 4 is 46.6 Å². The number of esters is 1. The van der Waals surface area contributed by atoms with Crippen LogP contribution in [-0.4, -0.2) is 63.3 Å². The molecule has 0 atom stereocenters. The molecule has 4 aromatic rings. The van der Waals surface area contributed by atoms with Crippen molar-refractivity contribution in [1.29, 1.82) is 0 Å². The fraction of sp³-hybridized carbons (Fsp3) is 0.321. The number of carbonyl (C=O) groups is 2. The highest BCUT2D eigenvalue weighted by Crippen LogP contribution is 2.36. The number of likely N-dealkylation sites (tertiary alicyclic amines) is 1. The van der Waals surface area contributed by atoms with Crippen LogP contribution in [0.2, 0.25) is 5.02 Å². The number of methoxy groups -OCH3 is 1. The van der Waals surface area contributed by atoms with Crippen molar-refractivity contribution in [3.05, 3.63) is 69.6 Å². The second kappa shape index (κ2) is 12.8. The summed E-state index contributed by atoms with van der Waals surface area (Å²) in [7, 11) is 1.62. The van der Waals surface area contributed by atoms with Crippen LogP contribution in [-0.2, 0) is 15.3 Å². The number of thioether (sulfide) groups is 1. The fourth-order valence-electron chi connectivity index (χ4n) is 4.55. The summed E-state index contributed by atoms with van der Waals surface area (Å²) in [6.45, 7) is 3.19. The van der Waals surface area contributed by atoms with Crippen LogP contribution < -0.4 is 4.74 Å². The molecule has 0 spiro atoms. The number of halogens is 1. The number of benzene rings is 2. The van der Waals surface area contributed by atoms with Crippen LogP contribution in [0.25, 0.3) is 17.1 Å². The molecule has 0 saturated carbocycles. The van der Waals surface area contributed by atoms with Gasteiger partial charge in [0.15, 0.2) is 11.0 Å². The van der Waals surface area contributed by atoms with Crippen molar-refractivity contribution in [2.45, 2.75) is 30.7 Å². The Morgan fingerprint density at radius 3 is 2.60 bits per heavy atom. The Kier molecular flexibility index (Phi) is 9.03. The summed E-state index contributed by atoms with van der Waals surface area (Å²) in [5, 5.41) is 12.7. The van der Waals surface area contributed by atoms with Crippen LogP contribution >= 0.6 is 34.7 Å². The van der Waals surface area contributed by atoms with Gasteiger partial charge in [0.2, 0.25) is 0 Å². The van der Waals surface area contributed by atoms with Gasteiger partial charge in [0.25, 0.3) is 5.91 Å². The lowest BCUT2D eigenvalue weighted by molar-refractivity contribution is -0.149. The van der Waals surface area contributed by atoms with E-state index in [0.717, 1.165) is 16.3 Å². The SMILES string of the molecule is CCOC(=O)C1CCN(C(=O)c2csc(CSc3nnc(-c4ccccc4Cl)n3-c3ccccc3OC)n2)CC1. The van der Waals surface area contributed by atoms with E-state index in [1.807, 2.05) is 53.1 Å². The minimum atomic E-state index is -0.179. The molecule has 3 heterocycles. The normalized spacial score (nSPS) is 13.8. The van der Waals surface area contributed by atoms with Gasteiger partial charge in [-0.2, -0.15) is 0 Å². The molecule has 9 nitrogen and oxygen atoms in total. The molecule has 12 heteroatoms. The van der Waals surface area contributed by atoms with Gasteiger partial charge in [0.1, 0.15) is 16.5 Å². The van der Waals surface area contributed by atoms with Crippen molar-refractivity contribution in [2.24, 2.45) is 5.92 Å². The maximum atomic E-state index is 13.1. The first kappa shape index (κ1) is 28.1. The summed E-state index contributed by atoms with van der Waals surface area (Å²) >= 11 is 9.42. The Bertz CT molecular complexity index is 1500. The molecule has 208 valence electrons. The molecule has 0 unspecified atom stereocenters. The topological polar surface area (TPSA) is 99.4 Å². The van der Waals surface area contributed by atoms with Gasteiger partial charge in [-0.1, -0.05) is 47.6 Å². The van der Waals surface area contributed by atoms with E-state index < -0.39 is 0 Å². The lowest BCUT2D eigenvalue weighted by Gasteiger charge is -2.30. The minimum absolute atomic E-state index is 0.118. The predicted molar refractivity (Wildman–Crippen MR) is 155 cm³/mol. The second-order valence-electron chi connectivity index (χ2n) is 9.03. The number of rotatable bonds is 9. The lowest BCUT2D eigenvalue weighted by atomic mass is 9.97. The summed E-state index contributed by atoms with van der Waals surface area (Å²) in [6, 6.07) is 15.2. The highest BCUT2D eigenvalue weighted by molar-refractivity contribution is 7.98. The first-order valence-electron chi connectivity index (χ1n) is 12.9. The molecule has 0 N–H and O–H groups in total. The number of aromatic nitrogens is 4. The smallest absolute Gasteiger partial charge is 0.309 e. The van der Waals surface area contributed by atoms with Gasteiger partial charge in [-0.25, -0.2) is 4.98 Å². The van der Waals surface area contributed by atoms with Crippen molar-refractivity contribution in [2.75, 3.05) is 26.8 Å². The predicted octanol–water partition coefficient (Wildman–Crippen LogP) is 5.76. The molecule has 0 bridgehead atoms. The maximum absolute atomic E-state index is 13.1. The van der Waals surface area contributed by atoms with Gasteiger partial charge >= 0.3 is 5.97 Å². The van der Waals surface area contributed by atoms with E-state index in [9.17, 15) is 9.59 Å². The third-order valence-corrected chi connectivity index (χ3v) is 8.87. The van der Waals surface area contributed by atoms with Crippen molar-refractivity contribution in [3.63, 3.8) is 0 Å². The van der Waals surface area contributed by atoms with Gasteiger partial charge in [0, 0.05) is 24.0 Å². The van der Waals surface area contributed by atoms with Crippen molar-refractivity contribution in [1.82, 2.24) is 24.6 Å². The zero-order chi connectivity index (χ0) is 28.1. The molecule has 1 amide bonds. The van der Waals surface area contributed by atoms with Crippen molar-refractivity contribution in [3.8, 4) is 22.8 Å². The van der Waals surface area contributed by atoms with Gasteiger partial charge in [-0.3, -0.25) is 14.2 Å². The zero-order valence-electron chi connectivity index (χ0n) is 22.1. The fourth-order valence-corrected chi connectivity index (χ4v) is 6.51. The second-order valence-corrected chi connectivity index (χ2v) is 11.3. The molecule has 0 radical (unpaired) electrons. The van der Waals surface area contributed by atoms with Gasteiger partial charge < -0.3 is 14.4 Å². The third-order valence-electron chi connectivity index (χ3n) is 6.57. The van der Waals surface area contributed by atoms with Crippen LogP contribution in [0.15, 0.2) is 59.1 Å². The van der Waals surface area contributed by atoms with Gasteiger partial charge in [0.05, 0.1) is 36.1 Å². The summed E-state index contributed by atoms with van der Waals surface area (Å²) < 4.78 is 12.7. The van der Waals surface area contributed by atoms with Crippen LogP contribution in [0.4, 0.5) is 0 Å². The average Bonchev–Trinajstić information content (AvgIpc) is 3.63. The average molecular weight is 598 g/mol. The first-order chi connectivity index (χ1) is 19.5. The number of carbonyl (C=O) groups excluding carboxylic acids is 2. The highest BCUT2D eigenvalue weighted by Gasteiger charge is 2.29. The third kappa shape index (κ3) is 6.01. The monoisotopic (exact) mass is 597 g/mol. The number of hydrogen-bond donors (Lipinski definition) is 0. The molecule has 40 heavy (non-hydrogen) atoms. The standard InChI is InChI=1S/C28H28ClN5O4S2/c1-3-38-27(36)18-12-14-33(15-13-18)26(35)21-16-39-24(30-21)17-40-28-32-31-25(19-8-4-5-9-20(19)29)34(28)22-10-6-7-11-23(22)37-2/h4-11,16,18H,3,12-15,17H2,1-2H3. The maximum Gasteiger partial charge on any atom is 0.309 e. The Morgan fingerprint density at radius 2 is 1.85 bits per heavy atom. The summed E-state index contributed by atoms with van der Waals surface area (Å²) in [4.78, 5) is 31.5. The minimum Gasteiger partial charge on any atom is -0.495 e. The van der Waals surface area contributed by atoms with Crippen LogP contribution in [0.3, 0.4) is 0 Å². The Morgan fingerprint density at radius 1 is 1.10 bits per heavy atom. The quantitative estimate of drug-likeness (QED) is 0.177. The number of thiazole rings is 1.